The molecule has 106 valence electrons. The molecule has 0 fully saturated rings. The van der Waals surface area contributed by atoms with Crippen LogP contribution >= 0.6 is 23.2 Å². The van der Waals surface area contributed by atoms with E-state index in [9.17, 15) is 9.18 Å². The summed E-state index contributed by atoms with van der Waals surface area (Å²) in [7, 11) is 0. The van der Waals surface area contributed by atoms with Crippen LogP contribution in [0.3, 0.4) is 0 Å². The summed E-state index contributed by atoms with van der Waals surface area (Å²) in [6, 6.07) is 9.28. The van der Waals surface area contributed by atoms with Crippen molar-refractivity contribution in [1.82, 2.24) is 4.98 Å². The first-order valence-electron chi connectivity index (χ1n) is 6.07. The molecule has 3 nitrogen and oxygen atoms in total. The van der Waals surface area contributed by atoms with Gasteiger partial charge in [0.2, 0.25) is 0 Å². The molecule has 6 heteroatoms. The van der Waals surface area contributed by atoms with Crippen LogP contribution in [0.2, 0.25) is 10.0 Å². The second kappa shape index (κ2) is 5.39. The van der Waals surface area contributed by atoms with Gasteiger partial charge in [-0.1, -0.05) is 23.2 Å². The number of amides is 1. The SMILES string of the molecule is O=C(Nc1c(Cl)cc(F)cc1Cl)c1ccc2[nH]ccc2c1. The van der Waals surface area contributed by atoms with E-state index in [1.54, 1.807) is 24.4 Å². The number of carbonyl (C=O) groups is 1. The van der Waals surface area contributed by atoms with Gasteiger partial charge in [-0.25, -0.2) is 4.39 Å². The normalized spacial score (nSPS) is 10.8. The first-order valence-corrected chi connectivity index (χ1v) is 6.83. The van der Waals surface area contributed by atoms with Crippen LogP contribution in [0.4, 0.5) is 10.1 Å². The van der Waals surface area contributed by atoms with E-state index in [4.69, 9.17) is 23.2 Å². The maximum absolute atomic E-state index is 13.1. The molecule has 0 radical (unpaired) electrons. The van der Waals surface area contributed by atoms with Gasteiger partial charge in [0.1, 0.15) is 5.82 Å². The van der Waals surface area contributed by atoms with Crippen molar-refractivity contribution in [2.45, 2.75) is 0 Å². The fraction of sp³-hybridized carbons (Fsp3) is 0. The minimum Gasteiger partial charge on any atom is -0.361 e. The summed E-state index contributed by atoms with van der Waals surface area (Å²) in [5.41, 5.74) is 1.59. The molecule has 0 aliphatic rings. The monoisotopic (exact) mass is 322 g/mol. The highest BCUT2D eigenvalue weighted by molar-refractivity contribution is 6.40. The summed E-state index contributed by atoms with van der Waals surface area (Å²) in [6.07, 6.45) is 1.79. The molecule has 3 aromatic rings. The van der Waals surface area contributed by atoms with E-state index in [0.717, 1.165) is 23.0 Å². The molecule has 0 bridgehead atoms. The zero-order chi connectivity index (χ0) is 15.0. The van der Waals surface area contributed by atoms with E-state index in [1.165, 1.54) is 0 Å². The first kappa shape index (κ1) is 13.9. The molecule has 0 saturated carbocycles. The van der Waals surface area contributed by atoms with Crippen molar-refractivity contribution in [1.29, 1.82) is 0 Å². The number of aromatic amines is 1. The van der Waals surface area contributed by atoms with Gasteiger partial charge in [-0.15, -0.1) is 0 Å². The van der Waals surface area contributed by atoms with Gasteiger partial charge >= 0.3 is 0 Å². The maximum atomic E-state index is 13.1. The Kier molecular flexibility index (Phi) is 3.57. The van der Waals surface area contributed by atoms with Gasteiger partial charge in [0.05, 0.1) is 15.7 Å². The van der Waals surface area contributed by atoms with Crippen molar-refractivity contribution in [3.05, 3.63) is 64.0 Å². The highest BCUT2D eigenvalue weighted by Gasteiger charge is 2.13. The van der Waals surface area contributed by atoms with Crippen molar-refractivity contribution in [3.63, 3.8) is 0 Å². The molecule has 0 aliphatic carbocycles. The number of H-pyrrole nitrogens is 1. The summed E-state index contributed by atoms with van der Waals surface area (Å²) in [4.78, 5) is 15.3. The molecule has 0 spiro atoms. The first-order chi connectivity index (χ1) is 10.0. The topological polar surface area (TPSA) is 44.9 Å². The fourth-order valence-electron chi connectivity index (χ4n) is 2.04. The Morgan fingerprint density at radius 3 is 2.52 bits per heavy atom. The molecule has 2 N–H and O–H groups in total. The van der Waals surface area contributed by atoms with Gasteiger partial charge in [0.25, 0.3) is 5.91 Å². The minimum absolute atomic E-state index is 0.0519. The van der Waals surface area contributed by atoms with Crippen molar-refractivity contribution < 1.29 is 9.18 Å². The lowest BCUT2D eigenvalue weighted by atomic mass is 10.1. The number of nitrogens with one attached hydrogen (secondary N) is 2. The van der Waals surface area contributed by atoms with E-state index in [2.05, 4.69) is 10.3 Å². The van der Waals surface area contributed by atoms with Crippen LogP contribution in [-0.4, -0.2) is 10.9 Å². The average Bonchev–Trinajstić information content (AvgIpc) is 2.89. The van der Waals surface area contributed by atoms with E-state index in [-0.39, 0.29) is 21.6 Å². The highest BCUT2D eigenvalue weighted by Crippen LogP contribution is 2.31. The Labute approximate surface area is 129 Å². The Morgan fingerprint density at radius 1 is 1.10 bits per heavy atom. The number of benzene rings is 2. The molecule has 0 unspecified atom stereocenters. The molecule has 1 aromatic heterocycles. The molecule has 0 atom stereocenters. The molecular formula is C15H9Cl2FN2O. The smallest absolute Gasteiger partial charge is 0.255 e. The second-order valence-corrected chi connectivity index (χ2v) is 5.29. The Balaban J connectivity index is 1.92. The molecule has 0 saturated heterocycles. The number of hydrogen-bond acceptors (Lipinski definition) is 1. The van der Waals surface area contributed by atoms with Crippen LogP contribution in [0.15, 0.2) is 42.6 Å². The van der Waals surface area contributed by atoms with Crippen LogP contribution in [0.25, 0.3) is 10.9 Å². The second-order valence-electron chi connectivity index (χ2n) is 4.48. The van der Waals surface area contributed by atoms with E-state index < -0.39 is 5.82 Å². The van der Waals surface area contributed by atoms with Gasteiger partial charge in [-0.2, -0.15) is 0 Å². The summed E-state index contributed by atoms with van der Waals surface area (Å²) in [5, 5.41) is 3.62. The minimum atomic E-state index is -0.559. The highest BCUT2D eigenvalue weighted by atomic mass is 35.5. The van der Waals surface area contributed by atoms with Crippen LogP contribution in [0, 0.1) is 5.82 Å². The Morgan fingerprint density at radius 2 is 1.81 bits per heavy atom. The number of anilines is 1. The van der Waals surface area contributed by atoms with Gasteiger partial charge in [0.15, 0.2) is 0 Å². The number of hydrogen-bond donors (Lipinski definition) is 2. The number of aromatic nitrogens is 1. The molecule has 1 amide bonds. The zero-order valence-electron chi connectivity index (χ0n) is 10.6. The lowest BCUT2D eigenvalue weighted by Gasteiger charge is -2.09. The molecule has 1 heterocycles. The van der Waals surface area contributed by atoms with Gasteiger partial charge < -0.3 is 10.3 Å². The summed E-state index contributed by atoms with van der Waals surface area (Å²) in [5.74, 6) is -0.926. The lowest BCUT2D eigenvalue weighted by Crippen LogP contribution is -2.12. The third kappa shape index (κ3) is 2.73. The van der Waals surface area contributed by atoms with Crippen molar-refractivity contribution in [2.75, 3.05) is 5.32 Å². The Hall–Kier alpha value is -2.04. The van der Waals surface area contributed by atoms with Crippen molar-refractivity contribution in [3.8, 4) is 0 Å². The molecule has 2 aromatic carbocycles. The largest absolute Gasteiger partial charge is 0.361 e. The van der Waals surface area contributed by atoms with Crippen molar-refractivity contribution >= 4 is 45.7 Å². The molecule has 3 rings (SSSR count). The predicted octanol–water partition coefficient (Wildman–Crippen LogP) is 4.87. The standard InChI is InChI=1S/C15H9Cl2FN2O/c16-11-6-10(18)7-12(17)14(11)20-15(21)9-1-2-13-8(5-9)3-4-19-13/h1-7,19H,(H,20,21). The molecule has 21 heavy (non-hydrogen) atoms. The molecular weight excluding hydrogens is 314 g/mol. The van der Waals surface area contributed by atoms with E-state index >= 15 is 0 Å². The summed E-state index contributed by atoms with van der Waals surface area (Å²) >= 11 is 11.8. The van der Waals surface area contributed by atoms with Gasteiger partial charge in [-0.3, -0.25) is 4.79 Å². The number of carbonyl (C=O) groups excluding carboxylic acids is 1. The van der Waals surface area contributed by atoms with Crippen LogP contribution in [-0.2, 0) is 0 Å². The third-order valence-corrected chi connectivity index (χ3v) is 3.66. The predicted molar refractivity (Wildman–Crippen MR) is 82.7 cm³/mol. The van der Waals surface area contributed by atoms with Crippen molar-refractivity contribution in [2.24, 2.45) is 0 Å². The maximum Gasteiger partial charge on any atom is 0.255 e. The lowest BCUT2D eigenvalue weighted by molar-refractivity contribution is 0.102. The van der Waals surface area contributed by atoms with Crippen LogP contribution in [0.1, 0.15) is 10.4 Å². The number of halogens is 3. The van der Waals surface area contributed by atoms with E-state index in [0.29, 0.717) is 5.56 Å². The fourth-order valence-corrected chi connectivity index (χ4v) is 2.60. The van der Waals surface area contributed by atoms with Gasteiger partial charge in [0, 0.05) is 22.7 Å². The number of rotatable bonds is 2. The zero-order valence-corrected chi connectivity index (χ0v) is 12.1. The van der Waals surface area contributed by atoms with E-state index in [1.807, 2.05) is 6.07 Å². The van der Waals surface area contributed by atoms with Crippen LogP contribution in [0.5, 0.6) is 0 Å². The van der Waals surface area contributed by atoms with Gasteiger partial charge in [-0.05, 0) is 36.4 Å². The number of fused-ring (bicyclic) bond motifs is 1. The summed E-state index contributed by atoms with van der Waals surface area (Å²) in [6.45, 7) is 0. The summed E-state index contributed by atoms with van der Waals surface area (Å²) < 4.78 is 13.1. The molecule has 0 aliphatic heterocycles. The Bertz CT molecular complexity index is 822. The quantitative estimate of drug-likeness (QED) is 0.694. The average molecular weight is 323 g/mol. The van der Waals surface area contributed by atoms with Crippen LogP contribution < -0.4 is 5.32 Å². The third-order valence-electron chi connectivity index (χ3n) is 3.06.